The third-order valence-electron chi connectivity index (χ3n) is 2.64. The van der Waals surface area contributed by atoms with Crippen molar-refractivity contribution in [3.63, 3.8) is 0 Å². The lowest BCUT2D eigenvalue weighted by atomic mass is 10.1. The minimum Gasteiger partial charge on any atom is -0.329 e. The molecule has 1 nitrogen and oxygen atoms in total. The van der Waals surface area contributed by atoms with Gasteiger partial charge in [-0.2, -0.15) is 0 Å². The summed E-state index contributed by atoms with van der Waals surface area (Å²) in [5, 5.41) is -0.342. The monoisotopic (exact) mass is 283 g/mol. The van der Waals surface area contributed by atoms with Crippen LogP contribution in [0.25, 0.3) is 0 Å². The van der Waals surface area contributed by atoms with E-state index in [1.54, 1.807) is 18.2 Å². The van der Waals surface area contributed by atoms with Crippen LogP contribution < -0.4 is 5.73 Å². The van der Waals surface area contributed by atoms with Crippen molar-refractivity contribution in [1.29, 1.82) is 0 Å². The van der Waals surface area contributed by atoms with E-state index in [4.69, 9.17) is 5.73 Å². The number of thioether (sulfide) groups is 1. The average molecular weight is 283 g/mol. The van der Waals surface area contributed by atoms with E-state index in [1.165, 1.54) is 23.9 Å². The highest BCUT2D eigenvalue weighted by Crippen LogP contribution is 2.35. The summed E-state index contributed by atoms with van der Waals surface area (Å²) in [4.78, 5) is 0.512. The van der Waals surface area contributed by atoms with Crippen LogP contribution in [0.1, 0.15) is 10.8 Å². The first-order chi connectivity index (χ1) is 9.11. The minimum atomic E-state index is -0.922. The molecule has 2 N–H and O–H groups in total. The van der Waals surface area contributed by atoms with E-state index in [1.807, 2.05) is 0 Å². The zero-order valence-electron chi connectivity index (χ0n) is 9.95. The molecule has 2 rings (SSSR count). The first-order valence-electron chi connectivity index (χ1n) is 5.68. The van der Waals surface area contributed by atoms with Crippen LogP contribution in [0.15, 0.2) is 47.4 Å². The van der Waals surface area contributed by atoms with Gasteiger partial charge in [0.05, 0.1) is 0 Å². The van der Waals surface area contributed by atoms with Crippen molar-refractivity contribution >= 4 is 11.8 Å². The molecule has 0 radical (unpaired) electrons. The summed E-state index contributed by atoms with van der Waals surface area (Å²) in [5.41, 5.74) is 6.09. The van der Waals surface area contributed by atoms with Crippen LogP contribution in [-0.4, -0.2) is 6.54 Å². The topological polar surface area (TPSA) is 26.0 Å². The lowest BCUT2D eigenvalue weighted by molar-refractivity contribution is 0.506. The predicted octanol–water partition coefficient (Wildman–Crippen LogP) is 3.90. The second-order valence-corrected chi connectivity index (χ2v) is 5.22. The molecule has 0 aliphatic carbocycles. The lowest BCUT2D eigenvalue weighted by Crippen LogP contribution is -2.10. The molecule has 5 heteroatoms. The van der Waals surface area contributed by atoms with E-state index >= 15 is 0 Å². The molecule has 19 heavy (non-hydrogen) atoms. The zero-order valence-corrected chi connectivity index (χ0v) is 10.8. The molecule has 0 heterocycles. The fourth-order valence-electron chi connectivity index (χ4n) is 1.69. The molecule has 1 unspecified atom stereocenters. The summed E-state index contributed by atoms with van der Waals surface area (Å²) < 4.78 is 39.6. The second-order valence-electron chi connectivity index (χ2n) is 3.94. The first kappa shape index (κ1) is 14.0. The SMILES string of the molecule is NCC(Sc1ccc(F)c(F)c1)c1ccccc1F. The molecule has 0 aliphatic heterocycles. The van der Waals surface area contributed by atoms with Crippen molar-refractivity contribution in [3.05, 3.63) is 65.5 Å². The van der Waals surface area contributed by atoms with Gasteiger partial charge in [0, 0.05) is 22.3 Å². The van der Waals surface area contributed by atoms with E-state index in [9.17, 15) is 13.2 Å². The Kier molecular flexibility index (Phi) is 4.50. The Bertz CT molecular complexity index is 574. The lowest BCUT2D eigenvalue weighted by Gasteiger charge is -2.15. The summed E-state index contributed by atoms with van der Waals surface area (Å²) in [6.07, 6.45) is 0. The highest BCUT2D eigenvalue weighted by atomic mass is 32.2. The number of hydrogen-bond donors (Lipinski definition) is 1. The molecule has 0 amide bonds. The standard InChI is InChI=1S/C14H12F3NS/c15-11-4-2-1-3-10(11)14(8-18)19-9-5-6-12(16)13(17)7-9/h1-7,14H,8,18H2. The van der Waals surface area contributed by atoms with Crippen LogP contribution in [0, 0.1) is 17.5 Å². The van der Waals surface area contributed by atoms with E-state index in [0.717, 1.165) is 12.1 Å². The van der Waals surface area contributed by atoms with Gasteiger partial charge >= 0.3 is 0 Å². The van der Waals surface area contributed by atoms with Gasteiger partial charge < -0.3 is 5.73 Å². The number of nitrogens with two attached hydrogens (primary N) is 1. The summed E-state index contributed by atoms with van der Waals surface area (Å²) >= 11 is 1.21. The van der Waals surface area contributed by atoms with Crippen molar-refractivity contribution < 1.29 is 13.2 Å². The quantitative estimate of drug-likeness (QED) is 0.861. The van der Waals surface area contributed by atoms with E-state index < -0.39 is 11.6 Å². The van der Waals surface area contributed by atoms with E-state index in [2.05, 4.69) is 0 Å². The minimum absolute atomic E-state index is 0.199. The summed E-state index contributed by atoms with van der Waals surface area (Å²) in [6, 6.07) is 9.88. The highest BCUT2D eigenvalue weighted by Gasteiger charge is 2.16. The van der Waals surface area contributed by atoms with Gasteiger partial charge in [0.2, 0.25) is 0 Å². The third kappa shape index (κ3) is 3.30. The Morgan fingerprint density at radius 2 is 1.68 bits per heavy atom. The third-order valence-corrected chi connectivity index (χ3v) is 3.89. The maximum atomic E-state index is 13.7. The zero-order chi connectivity index (χ0) is 13.8. The average Bonchev–Trinajstić information content (AvgIpc) is 2.41. The Morgan fingerprint density at radius 1 is 0.947 bits per heavy atom. The van der Waals surface area contributed by atoms with Gasteiger partial charge in [-0.3, -0.25) is 0 Å². The van der Waals surface area contributed by atoms with Gasteiger partial charge in [-0.05, 0) is 24.3 Å². The van der Waals surface area contributed by atoms with Crippen LogP contribution in [-0.2, 0) is 0 Å². The van der Waals surface area contributed by atoms with Crippen molar-refractivity contribution in [2.24, 2.45) is 5.73 Å². The number of rotatable bonds is 4. The van der Waals surface area contributed by atoms with Crippen molar-refractivity contribution in [1.82, 2.24) is 0 Å². The van der Waals surface area contributed by atoms with Gasteiger partial charge in [0.1, 0.15) is 5.82 Å². The van der Waals surface area contributed by atoms with Crippen LogP contribution in [0.4, 0.5) is 13.2 Å². The molecular weight excluding hydrogens is 271 g/mol. The molecule has 0 bridgehead atoms. The number of halogens is 3. The molecule has 0 aliphatic rings. The molecule has 1 atom stereocenters. The van der Waals surface area contributed by atoms with Gasteiger partial charge in [-0.25, -0.2) is 13.2 Å². The van der Waals surface area contributed by atoms with Crippen LogP contribution in [0.5, 0.6) is 0 Å². The Hall–Kier alpha value is -1.46. The molecule has 0 saturated heterocycles. The van der Waals surface area contributed by atoms with Gasteiger partial charge in [-0.15, -0.1) is 11.8 Å². The second kappa shape index (κ2) is 6.12. The molecule has 0 spiro atoms. The fourth-order valence-corrected chi connectivity index (χ4v) is 2.75. The van der Waals surface area contributed by atoms with E-state index in [0.29, 0.717) is 10.5 Å². The maximum absolute atomic E-state index is 13.7. The normalized spacial score (nSPS) is 12.4. The fraction of sp³-hybridized carbons (Fsp3) is 0.143. The smallest absolute Gasteiger partial charge is 0.159 e. The van der Waals surface area contributed by atoms with Gasteiger partial charge in [0.15, 0.2) is 11.6 Å². The summed E-state index contributed by atoms with van der Waals surface area (Å²) in [5.74, 6) is -2.18. The molecule has 2 aromatic rings. The predicted molar refractivity (Wildman–Crippen MR) is 70.4 cm³/mol. The summed E-state index contributed by atoms with van der Waals surface area (Å²) in [7, 11) is 0. The van der Waals surface area contributed by atoms with Crippen molar-refractivity contribution in [2.75, 3.05) is 6.54 Å². The molecule has 100 valence electrons. The van der Waals surface area contributed by atoms with Gasteiger partial charge in [-0.1, -0.05) is 18.2 Å². The number of benzene rings is 2. The number of hydrogen-bond acceptors (Lipinski definition) is 2. The van der Waals surface area contributed by atoms with Crippen LogP contribution in [0.2, 0.25) is 0 Å². The van der Waals surface area contributed by atoms with Gasteiger partial charge in [0.25, 0.3) is 0 Å². The van der Waals surface area contributed by atoms with Crippen LogP contribution in [0.3, 0.4) is 0 Å². The molecule has 0 fully saturated rings. The highest BCUT2D eigenvalue weighted by molar-refractivity contribution is 7.99. The van der Waals surface area contributed by atoms with Crippen molar-refractivity contribution in [2.45, 2.75) is 10.1 Å². The maximum Gasteiger partial charge on any atom is 0.159 e. The summed E-state index contributed by atoms with van der Waals surface area (Å²) in [6.45, 7) is 0.199. The Morgan fingerprint density at radius 3 is 2.32 bits per heavy atom. The Labute approximate surface area is 113 Å². The van der Waals surface area contributed by atoms with Crippen LogP contribution >= 0.6 is 11.8 Å². The molecular formula is C14H12F3NS. The largest absolute Gasteiger partial charge is 0.329 e. The molecule has 0 saturated carbocycles. The Balaban J connectivity index is 2.24. The van der Waals surface area contributed by atoms with E-state index in [-0.39, 0.29) is 17.6 Å². The molecule has 0 aromatic heterocycles. The van der Waals surface area contributed by atoms with Crippen molar-refractivity contribution in [3.8, 4) is 0 Å². The first-order valence-corrected chi connectivity index (χ1v) is 6.56. The molecule has 2 aromatic carbocycles.